The van der Waals surface area contributed by atoms with Gasteiger partial charge in [-0.05, 0) is 5.56 Å². The average Bonchev–Trinajstić information content (AvgIpc) is 2.77. The Bertz CT molecular complexity index is 551. The second-order valence-corrected chi connectivity index (χ2v) is 4.29. The minimum Gasteiger partial charge on any atom is -0.456 e. The Balaban J connectivity index is 2.10. The summed E-state index contributed by atoms with van der Waals surface area (Å²) >= 11 is 0. The Morgan fingerprint density at radius 2 is 2.00 bits per heavy atom. The number of cyclic esters (lactones) is 1. The lowest BCUT2D eigenvalue weighted by molar-refractivity contribution is -0.136. The average molecular weight is 244 g/mol. The Morgan fingerprint density at radius 1 is 1.28 bits per heavy atom. The summed E-state index contributed by atoms with van der Waals surface area (Å²) in [6.07, 6.45) is 0. The summed E-state index contributed by atoms with van der Waals surface area (Å²) in [5.41, 5.74) is 2.06. The van der Waals surface area contributed by atoms with Crippen molar-refractivity contribution in [2.45, 2.75) is 6.04 Å². The third kappa shape index (κ3) is 1.48. The lowest BCUT2D eigenvalue weighted by atomic mass is 9.96. The minimum absolute atomic E-state index is 0.168. The fourth-order valence-electron chi connectivity index (χ4n) is 2.28. The molecule has 2 amide bonds. The number of esters is 1. The molecule has 2 aliphatic rings. The number of rotatable bonds is 1. The van der Waals surface area contributed by atoms with Crippen LogP contribution in [0.25, 0.3) is 0 Å². The van der Waals surface area contributed by atoms with Crippen molar-refractivity contribution < 1.29 is 14.3 Å². The summed E-state index contributed by atoms with van der Waals surface area (Å²) in [6.45, 7) is 0.168. The Labute approximate surface area is 104 Å². The van der Waals surface area contributed by atoms with E-state index in [1.807, 2.05) is 30.3 Å². The SMILES string of the molecule is CN1C(=O)N[C@H](c2ccccc2)C2=C1COC2=O. The van der Waals surface area contributed by atoms with E-state index in [4.69, 9.17) is 4.74 Å². The van der Waals surface area contributed by atoms with Gasteiger partial charge in [-0.25, -0.2) is 9.59 Å². The number of benzene rings is 1. The lowest BCUT2D eigenvalue weighted by Crippen LogP contribution is -2.45. The highest BCUT2D eigenvalue weighted by molar-refractivity contribution is 5.97. The Kier molecular flexibility index (Phi) is 2.33. The number of carbonyl (C=O) groups is 2. The lowest BCUT2D eigenvalue weighted by Gasteiger charge is -2.30. The highest BCUT2D eigenvalue weighted by atomic mass is 16.5. The fraction of sp³-hybridized carbons (Fsp3) is 0.231. The Hall–Kier alpha value is -2.30. The Morgan fingerprint density at radius 3 is 2.72 bits per heavy atom. The van der Waals surface area contributed by atoms with Crippen LogP contribution in [0.4, 0.5) is 4.79 Å². The van der Waals surface area contributed by atoms with E-state index in [1.54, 1.807) is 7.05 Å². The van der Waals surface area contributed by atoms with Crippen molar-refractivity contribution in [3.63, 3.8) is 0 Å². The number of hydrogen-bond donors (Lipinski definition) is 1. The molecule has 0 saturated carbocycles. The molecular weight excluding hydrogens is 232 g/mol. The van der Waals surface area contributed by atoms with E-state index in [2.05, 4.69) is 5.32 Å². The molecule has 0 aliphatic carbocycles. The van der Waals surface area contributed by atoms with Crippen molar-refractivity contribution in [3.05, 3.63) is 47.2 Å². The van der Waals surface area contributed by atoms with E-state index in [0.29, 0.717) is 11.3 Å². The zero-order valence-corrected chi connectivity index (χ0v) is 9.84. The van der Waals surface area contributed by atoms with Crippen LogP contribution >= 0.6 is 0 Å². The number of hydrogen-bond acceptors (Lipinski definition) is 3. The van der Waals surface area contributed by atoms with Gasteiger partial charge in [0, 0.05) is 7.05 Å². The van der Waals surface area contributed by atoms with Gasteiger partial charge in [0.25, 0.3) is 0 Å². The van der Waals surface area contributed by atoms with E-state index < -0.39 is 6.04 Å². The molecule has 2 heterocycles. The van der Waals surface area contributed by atoms with Crippen LogP contribution in [0.15, 0.2) is 41.6 Å². The summed E-state index contributed by atoms with van der Waals surface area (Å²) in [4.78, 5) is 25.1. The van der Waals surface area contributed by atoms with Crippen LogP contribution in [0, 0.1) is 0 Å². The monoisotopic (exact) mass is 244 g/mol. The van der Waals surface area contributed by atoms with Gasteiger partial charge in [-0.15, -0.1) is 0 Å². The quantitative estimate of drug-likeness (QED) is 0.755. The standard InChI is InChI=1S/C13H12N2O3/c1-15-9-7-18-12(16)10(9)11(14-13(15)17)8-5-3-2-4-6-8/h2-6,11H,7H2,1H3,(H,14,17)/t11-/m1/s1. The van der Waals surface area contributed by atoms with Gasteiger partial charge < -0.3 is 10.1 Å². The van der Waals surface area contributed by atoms with Gasteiger partial charge in [0.15, 0.2) is 0 Å². The molecule has 0 fully saturated rings. The van der Waals surface area contributed by atoms with Gasteiger partial charge in [-0.2, -0.15) is 0 Å². The second-order valence-electron chi connectivity index (χ2n) is 4.29. The highest BCUT2D eigenvalue weighted by Crippen LogP contribution is 2.33. The van der Waals surface area contributed by atoms with E-state index in [9.17, 15) is 9.59 Å². The summed E-state index contributed by atoms with van der Waals surface area (Å²) in [5, 5.41) is 2.81. The van der Waals surface area contributed by atoms with E-state index in [0.717, 1.165) is 5.56 Å². The molecule has 0 saturated heterocycles. The molecule has 5 heteroatoms. The first-order valence-corrected chi connectivity index (χ1v) is 5.68. The number of likely N-dealkylation sites (N-methyl/N-ethyl adjacent to an activating group) is 1. The molecule has 5 nitrogen and oxygen atoms in total. The molecule has 0 bridgehead atoms. The molecule has 1 aromatic rings. The van der Waals surface area contributed by atoms with Gasteiger partial charge in [-0.3, -0.25) is 4.90 Å². The predicted octanol–water partition coefficient (Wildman–Crippen LogP) is 1.19. The summed E-state index contributed by atoms with van der Waals surface area (Å²) in [5.74, 6) is -0.356. The maximum absolute atomic E-state index is 11.8. The van der Waals surface area contributed by atoms with Crippen LogP contribution in [0.5, 0.6) is 0 Å². The number of nitrogens with zero attached hydrogens (tertiary/aromatic N) is 1. The van der Waals surface area contributed by atoms with Crippen LogP contribution in [0.1, 0.15) is 11.6 Å². The number of carbonyl (C=O) groups excluding carboxylic acids is 2. The van der Waals surface area contributed by atoms with E-state index >= 15 is 0 Å². The number of nitrogens with one attached hydrogen (secondary N) is 1. The van der Waals surface area contributed by atoms with Crippen LogP contribution in [0.3, 0.4) is 0 Å². The molecule has 92 valence electrons. The highest BCUT2D eigenvalue weighted by Gasteiger charge is 2.40. The van der Waals surface area contributed by atoms with Crippen LogP contribution in [0.2, 0.25) is 0 Å². The molecule has 0 radical (unpaired) electrons. The molecule has 0 spiro atoms. The third-order valence-electron chi connectivity index (χ3n) is 3.27. The van der Waals surface area contributed by atoms with Crippen molar-refractivity contribution in [1.29, 1.82) is 0 Å². The topological polar surface area (TPSA) is 58.6 Å². The van der Waals surface area contributed by atoms with E-state index in [1.165, 1.54) is 4.90 Å². The van der Waals surface area contributed by atoms with Crippen molar-refractivity contribution in [2.24, 2.45) is 0 Å². The normalized spacial score (nSPS) is 22.7. The molecule has 2 aliphatic heterocycles. The first-order chi connectivity index (χ1) is 8.68. The summed E-state index contributed by atoms with van der Waals surface area (Å²) in [7, 11) is 1.63. The molecule has 0 aromatic heterocycles. The van der Waals surface area contributed by atoms with E-state index in [-0.39, 0.29) is 18.6 Å². The third-order valence-corrected chi connectivity index (χ3v) is 3.27. The number of amides is 2. The summed E-state index contributed by atoms with van der Waals surface area (Å²) < 4.78 is 5.02. The minimum atomic E-state index is -0.417. The summed E-state index contributed by atoms with van der Waals surface area (Å²) in [6, 6.07) is 8.77. The largest absolute Gasteiger partial charge is 0.456 e. The number of ether oxygens (including phenoxy) is 1. The smallest absolute Gasteiger partial charge is 0.338 e. The molecule has 0 unspecified atom stereocenters. The first-order valence-electron chi connectivity index (χ1n) is 5.68. The van der Waals surface area contributed by atoms with Gasteiger partial charge in [0.1, 0.15) is 6.61 Å². The second kappa shape index (κ2) is 3.87. The van der Waals surface area contributed by atoms with Crippen LogP contribution < -0.4 is 5.32 Å². The predicted molar refractivity (Wildman–Crippen MR) is 63.5 cm³/mol. The first kappa shape index (κ1) is 10.8. The molecule has 18 heavy (non-hydrogen) atoms. The molecule has 3 rings (SSSR count). The molecule has 1 N–H and O–H groups in total. The van der Waals surface area contributed by atoms with Crippen LogP contribution in [-0.2, 0) is 9.53 Å². The molecular formula is C13H12N2O3. The zero-order valence-electron chi connectivity index (χ0n) is 9.84. The van der Waals surface area contributed by atoms with Crippen molar-refractivity contribution >= 4 is 12.0 Å². The zero-order chi connectivity index (χ0) is 12.7. The van der Waals surface area contributed by atoms with Gasteiger partial charge in [-0.1, -0.05) is 30.3 Å². The maximum atomic E-state index is 11.8. The fourth-order valence-corrected chi connectivity index (χ4v) is 2.28. The van der Waals surface area contributed by atoms with Gasteiger partial charge in [0.05, 0.1) is 17.3 Å². The van der Waals surface area contributed by atoms with Gasteiger partial charge in [0.2, 0.25) is 0 Å². The van der Waals surface area contributed by atoms with Crippen molar-refractivity contribution in [2.75, 3.05) is 13.7 Å². The molecule has 1 atom stereocenters. The van der Waals surface area contributed by atoms with Crippen LogP contribution in [-0.4, -0.2) is 30.6 Å². The molecule has 1 aromatic carbocycles. The van der Waals surface area contributed by atoms with Crippen molar-refractivity contribution in [3.8, 4) is 0 Å². The number of urea groups is 1. The maximum Gasteiger partial charge on any atom is 0.338 e. The van der Waals surface area contributed by atoms with Gasteiger partial charge >= 0.3 is 12.0 Å². The van der Waals surface area contributed by atoms with Crippen molar-refractivity contribution in [1.82, 2.24) is 10.2 Å².